The van der Waals surface area contributed by atoms with Crippen molar-refractivity contribution in [3.8, 4) is 0 Å². The van der Waals surface area contributed by atoms with Gasteiger partial charge in [0.05, 0.1) is 0 Å². The number of carbonyl (C=O) groups excluding carboxylic acids is 1. The van der Waals surface area contributed by atoms with Crippen molar-refractivity contribution in [2.45, 2.75) is 26.2 Å². The topological polar surface area (TPSA) is 63.2 Å². The molecule has 0 radical (unpaired) electrons. The predicted molar refractivity (Wildman–Crippen MR) is 76.5 cm³/mol. The smallest absolute Gasteiger partial charge is 0.251 e. The van der Waals surface area contributed by atoms with Crippen molar-refractivity contribution in [1.82, 2.24) is 10.3 Å². The SMILES string of the molecule is CCCCNc1cc(C(=O)NCCCOC)ccn1. The monoisotopic (exact) mass is 265 g/mol. The average molecular weight is 265 g/mol. The Hall–Kier alpha value is -1.62. The van der Waals surface area contributed by atoms with Crippen LogP contribution in [-0.4, -0.2) is 37.7 Å². The number of hydrogen-bond acceptors (Lipinski definition) is 4. The molecule has 5 heteroatoms. The molecular formula is C14H23N3O2. The summed E-state index contributed by atoms with van der Waals surface area (Å²) in [5, 5.41) is 6.06. The number of methoxy groups -OCH3 is 1. The van der Waals surface area contributed by atoms with Crippen molar-refractivity contribution in [2.24, 2.45) is 0 Å². The molecule has 0 saturated carbocycles. The van der Waals surface area contributed by atoms with Gasteiger partial charge in [-0.15, -0.1) is 0 Å². The average Bonchev–Trinajstić information content (AvgIpc) is 2.44. The second-order valence-electron chi connectivity index (χ2n) is 4.31. The Balaban J connectivity index is 2.43. The van der Waals surface area contributed by atoms with Crippen LogP contribution in [0.1, 0.15) is 36.5 Å². The van der Waals surface area contributed by atoms with Gasteiger partial charge in [-0.05, 0) is 25.0 Å². The number of ether oxygens (including phenoxy) is 1. The number of pyridine rings is 1. The maximum absolute atomic E-state index is 11.9. The fraction of sp³-hybridized carbons (Fsp3) is 0.571. The van der Waals surface area contributed by atoms with E-state index >= 15 is 0 Å². The normalized spacial score (nSPS) is 10.2. The van der Waals surface area contributed by atoms with E-state index in [4.69, 9.17) is 4.74 Å². The van der Waals surface area contributed by atoms with E-state index in [2.05, 4.69) is 22.5 Å². The van der Waals surface area contributed by atoms with Gasteiger partial charge < -0.3 is 15.4 Å². The van der Waals surface area contributed by atoms with Crippen LogP contribution in [0.3, 0.4) is 0 Å². The third-order valence-electron chi connectivity index (χ3n) is 2.67. The van der Waals surface area contributed by atoms with Gasteiger partial charge >= 0.3 is 0 Å². The molecule has 106 valence electrons. The summed E-state index contributed by atoms with van der Waals surface area (Å²) < 4.78 is 4.93. The van der Waals surface area contributed by atoms with Crippen molar-refractivity contribution >= 4 is 11.7 Å². The molecule has 0 aromatic carbocycles. The molecule has 5 nitrogen and oxygen atoms in total. The zero-order valence-corrected chi connectivity index (χ0v) is 11.7. The molecule has 1 aromatic heterocycles. The molecule has 0 atom stereocenters. The van der Waals surface area contributed by atoms with Gasteiger partial charge in [0.1, 0.15) is 5.82 Å². The molecule has 1 rings (SSSR count). The van der Waals surface area contributed by atoms with Crippen LogP contribution in [0.4, 0.5) is 5.82 Å². The van der Waals surface area contributed by atoms with Crippen molar-refractivity contribution in [2.75, 3.05) is 32.1 Å². The molecule has 0 aliphatic carbocycles. The fourth-order valence-electron chi connectivity index (χ4n) is 1.58. The zero-order chi connectivity index (χ0) is 13.9. The fourth-order valence-corrected chi connectivity index (χ4v) is 1.58. The molecule has 0 aliphatic heterocycles. The number of carbonyl (C=O) groups is 1. The molecule has 0 spiro atoms. The maximum Gasteiger partial charge on any atom is 0.251 e. The Kier molecular flexibility index (Phi) is 7.58. The Labute approximate surface area is 114 Å². The molecule has 0 saturated heterocycles. The molecule has 0 unspecified atom stereocenters. The van der Waals surface area contributed by atoms with Gasteiger partial charge in [0.15, 0.2) is 0 Å². The lowest BCUT2D eigenvalue weighted by Crippen LogP contribution is -2.25. The number of unbranched alkanes of at least 4 members (excludes halogenated alkanes) is 1. The van der Waals surface area contributed by atoms with Crippen LogP contribution in [0, 0.1) is 0 Å². The van der Waals surface area contributed by atoms with Gasteiger partial charge in [-0.3, -0.25) is 4.79 Å². The van der Waals surface area contributed by atoms with Crippen LogP contribution >= 0.6 is 0 Å². The maximum atomic E-state index is 11.9. The van der Waals surface area contributed by atoms with Gasteiger partial charge in [0, 0.05) is 38.6 Å². The van der Waals surface area contributed by atoms with Crippen molar-refractivity contribution in [3.05, 3.63) is 23.9 Å². The van der Waals surface area contributed by atoms with E-state index in [0.717, 1.165) is 31.6 Å². The van der Waals surface area contributed by atoms with Crippen LogP contribution in [0.2, 0.25) is 0 Å². The zero-order valence-electron chi connectivity index (χ0n) is 11.7. The molecular weight excluding hydrogens is 242 g/mol. The number of anilines is 1. The summed E-state index contributed by atoms with van der Waals surface area (Å²) in [6.45, 7) is 4.29. The van der Waals surface area contributed by atoms with Crippen LogP contribution < -0.4 is 10.6 Å². The number of nitrogens with zero attached hydrogens (tertiary/aromatic N) is 1. The molecule has 19 heavy (non-hydrogen) atoms. The minimum atomic E-state index is -0.0722. The molecule has 2 N–H and O–H groups in total. The highest BCUT2D eigenvalue weighted by Crippen LogP contribution is 2.07. The predicted octanol–water partition coefficient (Wildman–Crippen LogP) is 2.06. The molecule has 0 bridgehead atoms. The van der Waals surface area contributed by atoms with Crippen LogP contribution in [0.15, 0.2) is 18.3 Å². The standard InChI is InChI=1S/C14H23N3O2/c1-3-4-7-15-13-11-12(6-9-16-13)14(18)17-8-5-10-19-2/h6,9,11H,3-5,7-8,10H2,1-2H3,(H,15,16)(H,17,18). The first-order chi connectivity index (χ1) is 9.27. The van der Waals surface area contributed by atoms with Crippen molar-refractivity contribution < 1.29 is 9.53 Å². The Morgan fingerprint density at radius 2 is 2.21 bits per heavy atom. The van der Waals surface area contributed by atoms with E-state index in [1.54, 1.807) is 25.4 Å². The second-order valence-corrected chi connectivity index (χ2v) is 4.31. The third-order valence-corrected chi connectivity index (χ3v) is 2.67. The van der Waals surface area contributed by atoms with E-state index in [0.29, 0.717) is 18.7 Å². The van der Waals surface area contributed by atoms with E-state index in [-0.39, 0.29) is 5.91 Å². The van der Waals surface area contributed by atoms with Crippen LogP contribution in [-0.2, 0) is 4.74 Å². The Bertz CT molecular complexity index is 383. The van der Waals surface area contributed by atoms with Crippen LogP contribution in [0.25, 0.3) is 0 Å². The van der Waals surface area contributed by atoms with Gasteiger partial charge in [0.25, 0.3) is 5.91 Å². The molecule has 0 fully saturated rings. The first-order valence-corrected chi connectivity index (χ1v) is 6.75. The highest BCUT2D eigenvalue weighted by Gasteiger charge is 2.05. The van der Waals surface area contributed by atoms with Gasteiger partial charge in [-0.25, -0.2) is 4.98 Å². The second kappa shape index (κ2) is 9.33. The lowest BCUT2D eigenvalue weighted by Gasteiger charge is -2.07. The molecule has 1 aromatic rings. The number of rotatable bonds is 9. The summed E-state index contributed by atoms with van der Waals surface area (Å²) in [6.07, 6.45) is 4.69. The van der Waals surface area contributed by atoms with Crippen molar-refractivity contribution in [1.29, 1.82) is 0 Å². The summed E-state index contributed by atoms with van der Waals surface area (Å²) >= 11 is 0. The lowest BCUT2D eigenvalue weighted by molar-refractivity contribution is 0.0948. The number of aromatic nitrogens is 1. The molecule has 1 heterocycles. The minimum absolute atomic E-state index is 0.0722. The minimum Gasteiger partial charge on any atom is -0.385 e. The van der Waals surface area contributed by atoms with E-state index < -0.39 is 0 Å². The molecule has 0 aliphatic rings. The van der Waals surface area contributed by atoms with Crippen LogP contribution in [0.5, 0.6) is 0 Å². The summed E-state index contributed by atoms with van der Waals surface area (Å²) in [7, 11) is 1.65. The van der Waals surface area contributed by atoms with E-state index in [9.17, 15) is 4.79 Å². The van der Waals surface area contributed by atoms with E-state index in [1.807, 2.05) is 0 Å². The Morgan fingerprint density at radius 3 is 2.95 bits per heavy atom. The quantitative estimate of drug-likeness (QED) is 0.671. The number of hydrogen-bond donors (Lipinski definition) is 2. The number of nitrogens with one attached hydrogen (secondary N) is 2. The first-order valence-electron chi connectivity index (χ1n) is 6.75. The van der Waals surface area contributed by atoms with Crippen molar-refractivity contribution in [3.63, 3.8) is 0 Å². The third kappa shape index (κ3) is 6.20. The highest BCUT2D eigenvalue weighted by atomic mass is 16.5. The largest absolute Gasteiger partial charge is 0.385 e. The molecule has 1 amide bonds. The Morgan fingerprint density at radius 1 is 1.37 bits per heavy atom. The first kappa shape index (κ1) is 15.4. The highest BCUT2D eigenvalue weighted by molar-refractivity contribution is 5.94. The van der Waals surface area contributed by atoms with Gasteiger partial charge in [-0.2, -0.15) is 0 Å². The summed E-state index contributed by atoms with van der Waals surface area (Å²) in [5.41, 5.74) is 0.631. The van der Waals surface area contributed by atoms with Gasteiger partial charge in [-0.1, -0.05) is 13.3 Å². The summed E-state index contributed by atoms with van der Waals surface area (Å²) in [5.74, 6) is 0.676. The lowest BCUT2D eigenvalue weighted by atomic mass is 10.2. The number of amides is 1. The van der Waals surface area contributed by atoms with E-state index in [1.165, 1.54) is 0 Å². The van der Waals surface area contributed by atoms with Gasteiger partial charge in [0.2, 0.25) is 0 Å². The summed E-state index contributed by atoms with van der Waals surface area (Å²) in [4.78, 5) is 16.1. The summed E-state index contributed by atoms with van der Waals surface area (Å²) in [6, 6.07) is 3.50.